The van der Waals surface area contributed by atoms with E-state index in [-0.39, 0.29) is 18.6 Å². The average molecular weight is 460 g/mol. The van der Waals surface area contributed by atoms with Crippen molar-refractivity contribution >= 4 is 17.5 Å². The van der Waals surface area contributed by atoms with E-state index < -0.39 is 6.10 Å². The highest BCUT2D eigenvalue weighted by atomic mass is 16.3. The molecule has 3 N–H and O–H groups in total. The highest BCUT2D eigenvalue weighted by Crippen LogP contribution is 2.27. The first-order valence-corrected chi connectivity index (χ1v) is 11.6. The Morgan fingerprint density at radius 2 is 1.91 bits per heavy atom. The van der Waals surface area contributed by atoms with Gasteiger partial charge >= 0.3 is 0 Å². The monoisotopic (exact) mass is 459 g/mol. The summed E-state index contributed by atoms with van der Waals surface area (Å²) >= 11 is 0. The number of aliphatic hydroxyl groups is 2. The molecule has 176 valence electrons. The maximum absolute atomic E-state index is 10.2. The van der Waals surface area contributed by atoms with E-state index in [1.807, 2.05) is 59.8 Å². The van der Waals surface area contributed by atoms with Crippen LogP contribution in [-0.2, 0) is 6.54 Å². The van der Waals surface area contributed by atoms with Gasteiger partial charge in [-0.2, -0.15) is 19.6 Å². The number of nitrogens with one attached hydrogen (secondary N) is 1. The maximum atomic E-state index is 10.2. The molecule has 5 rings (SSSR count). The van der Waals surface area contributed by atoms with E-state index in [9.17, 15) is 10.2 Å². The van der Waals surface area contributed by atoms with Gasteiger partial charge < -0.3 is 20.4 Å². The van der Waals surface area contributed by atoms with Gasteiger partial charge in [0.05, 0.1) is 30.6 Å². The topological polar surface area (TPSA) is 112 Å². The van der Waals surface area contributed by atoms with E-state index in [0.29, 0.717) is 31.4 Å². The third kappa shape index (κ3) is 4.32. The van der Waals surface area contributed by atoms with Crippen molar-refractivity contribution in [3.8, 4) is 11.3 Å². The number of nitrogens with zero attached hydrogens (tertiary/aromatic N) is 6. The molecular formula is C25H29N7O2. The Morgan fingerprint density at radius 3 is 2.62 bits per heavy atom. The van der Waals surface area contributed by atoms with Gasteiger partial charge in [-0.05, 0) is 24.0 Å². The molecule has 2 atom stereocenters. The van der Waals surface area contributed by atoms with Crippen molar-refractivity contribution in [2.24, 2.45) is 0 Å². The van der Waals surface area contributed by atoms with Gasteiger partial charge in [0.1, 0.15) is 0 Å². The van der Waals surface area contributed by atoms with E-state index in [1.54, 1.807) is 4.52 Å². The number of β-amino-alcohol motifs (C(OH)–C–C–N with tert-alkyl or cyclic N) is 1. The molecule has 1 aromatic carbocycles. The predicted molar refractivity (Wildman–Crippen MR) is 131 cm³/mol. The van der Waals surface area contributed by atoms with Crippen molar-refractivity contribution in [3.63, 3.8) is 0 Å². The largest absolute Gasteiger partial charge is 0.394 e. The van der Waals surface area contributed by atoms with Crippen molar-refractivity contribution in [1.29, 1.82) is 0 Å². The summed E-state index contributed by atoms with van der Waals surface area (Å²) in [6.45, 7) is 5.03. The first-order valence-electron chi connectivity index (χ1n) is 11.6. The third-order valence-electron chi connectivity index (χ3n) is 6.21. The van der Waals surface area contributed by atoms with Gasteiger partial charge in [-0.3, -0.25) is 4.98 Å². The number of hydrogen-bond donors (Lipinski definition) is 3. The van der Waals surface area contributed by atoms with E-state index >= 15 is 0 Å². The van der Waals surface area contributed by atoms with Gasteiger partial charge in [-0.15, -0.1) is 0 Å². The number of benzene rings is 1. The van der Waals surface area contributed by atoms with Gasteiger partial charge in [0.2, 0.25) is 11.9 Å². The second-order valence-corrected chi connectivity index (χ2v) is 8.99. The van der Waals surface area contributed by atoms with Crippen LogP contribution < -0.4 is 10.2 Å². The van der Waals surface area contributed by atoms with E-state index in [0.717, 1.165) is 28.0 Å². The molecule has 0 aliphatic carbocycles. The van der Waals surface area contributed by atoms with Crippen molar-refractivity contribution < 1.29 is 10.2 Å². The molecule has 0 spiro atoms. The van der Waals surface area contributed by atoms with Crippen LogP contribution in [0.1, 0.15) is 37.3 Å². The molecule has 9 nitrogen and oxygen atoms in total. The molecule has 1 aliphatic rings. The minimum absolute atomic E-state index is 0.0654. The smallest absolute Gasteiger partial charge is 0.231 e. The summed E-state index contributed by atoms with van der Waals surface area (Å²) in [6, 6.07) is 13.9. The number of pyridine rings is 1. The summed E-state index contributed by atoms with van der Waals surface area (Å²) in [5, 5.41) is 27.9. The summed E-state index contributed by atoms with van der Waals surface area (Å²) in [6.07, 6.45) is 3.65. The van der Waals surface area contributed by atoms with Crippen LogP contribution in [0.5, 0.6) is 0 Å². The highest BCUT2D eigenvalue weighted by Gasteiger charge is 2.33. The molecule has 1 fully saturated rings. The van der Waals surface area contributed by atoms with E-state index in [4.69, 9.17) is 9.97 Å². The Bertz CT molecular complexity index is 1260. The van der Waals surface area contributed by atoms with Crippen molar-refractivity contribution in [2.75, 3.05) is 23.4 Å². The molecule has 0 radical (unpaired) electrons. The van der Waals surface area contributed by atoms with Crippen LogP contribution in [0.15, 0.2) is 54.9 Å². The molecule has 9 heteroatoms. The van der Waals surface area contributed by atoms with Crippen molar-refractivity contribution in [3.05, 3.63) is 66.0 Å². The Hall–Kier alpha value is -3.56. The number of fused-ring (bicyclic) bond motifs is 1. The van der Waals surface area contributed by atoms with Crippen molar-refractivity contribution in [1.82, 2.24) is 24.6 Å². The van der Waals surface area contributed by atoms with Crippen LogP contribution >= 0.6 is 0 Å². The zero-order valence-corrected chi connectivity index (χ0v) is 19.3. The van der Waals surface area contributed by atoms with Gasteiger partial charge in [0.25, 0.3) is 0 Å². The zero-order valence-electron chi connectivity index (χ0n) is 19.3. The predicted octanol–water partition coefficient (Wildman–Crippen LogP) is 2.85. The Morgan fingerprint density at radius 1 is 1.09 bits per heavy atom. The molecule has 0 amide bonds. The fourth-order valence-electron chi connectivity index (χ4n) is 4.33. The molecule has 0 bridgehead atoms. The molecule has 3 aromatic heterocycles. The molecule has 4 aromatic rings. The van der Waals surface area contributed by atoms with Crippen LogP contribution in [0.2, 0.25) is 0 Å². The lowest BCUT2D eigenvalue weighted by Crippen LogP contribution is -2.34. The normalized spacial score (nSPS) is 18.2. The van der Waals surface area contributed by atoms with Crippen LogP contribution in [-0.4, -0.2) is 60.1 Å². The standard InChI is InChI=1S/C25H29N7O2/c1-16(2)21-13-28-32-23(21)29-25(31-14-20(34)10-19(31)15-33)30-24(32)27-12-17-8-9-22(26-11-17)18-6-4-3-5-7-18/h3-9,11,13,16,19-20,33-34H,10,12,14-15H2,1-2H3,(H,27,29,30). The molecule has 34 heavy (non-hydrogen) atoms. The lowest BCUT2D eigenvalue weighted by atomic mass is 10.1. The Kier molecular flexibility index (Phi) is 6.12. The number of aromatic nitrogens is 5. The minimum Gasteiger partial charge on any atom is -0.394 e. The number of rotatable bonds is 7. The first kappa shape index (κ1) is 22.2. The zero-order chi connectivity index (χ0) is 23.7. The van der Waals surface area contributed by atoms with Crippen LogP contribution in [0.25, 0.3) is 16.9 Å². The average Bonchev–Trinajstić information content (AvgIpc) is 3.46. The second-order valence-electron chi connectivity index (χ2n) is 8.99. The van der Waals surface area contributed by atoms with E-state index in [1.165, 1.54) is 0 Å². The molecule has 1 saturated heterocycles. The number of anilines is 2. The lowest BCUT2D eigenvalue weighted by molar-refractivity contribution is 0.184. The molecule has 1 aliphatic heterocycles. The maximum Gasteiger partial charge on any atom is 0.231 e. The third-order valence-corrected chi connectivity index (χ3v) is 6.21. The summed E-state index contributed by atoms with van der Waals surface area (Å²) in [5.74, 6) is 1.27. The van der Waals surface area contributed by atoms with Crippen LogP contribution in [0.4, 0.5) is 11.9 Å². The summed E-state index contributed by atoms with van der Waals surface area (Å²) in [4.78, 5) is 16.0. The van der Waals surface area contributed by atoms with Crippen LogP contribution in [0.3, 0.4) is 0 Å². The van der Waals surface area contributed by atoms with Gasteiger partial charge in [0.15, 0.2) is 5.65 Å². The Labute approximate surface area is 198 Å². The molecule has 0 saturated carbocycles. The molecular weight excluding hydrogens is 430 g/mol. The highest BCUT2D eigenvalue weighted by molar-refractivity contribution is 5.59. The second kappa shape index (κ2) is 9.36. The van der Waals surface area contributed by atoms with Crippen LogP contribution in [0, 0.1) is 0 Å². The summed E-state index contributed by atoms with van der Waals surface area (Å²) in [7, 11) is 0. The van der Waals surface area contributed by atoms with E-state index in [2.05, 4.69) is 29.2 Å². The summed E-state index contributed by atoms with van der Waals surface area (Å²) < 4.78 is 1.71. The summed E-state index contributed by atoms with van der Waals surface area (Å²) in [5.41, 5.74) is 4.74. The van der Waals surface area contributed by atoms with Gasteiger partial charge in [0, 0.05) is 30.4 Å². The Balaban J connectivity index is 1.44. The first-order chi connectivity index (χ1) is 16.5. The lowest BCUT2D eigenvalue weighted by Gasteiger charge is -2.23. The minimum atomic E-state index is -0.517. The fraction of sp³-hybridized carbons (Fsp3) is 0.360. The van der Waals surface area contributed by atoms with Crippen molar-refractivity contribution in [2.45, 2.75) is 44.9 Å². The van der Waals surface area contributed by atoms with Gasteiger partial charge in [-0.25, -0.2) is 0 Å². The fourth-order valence-corrected chi connectivity index (χ4v) is 4.33. The van der Waals surface area contributed by atoms with Gasteiger partial charge in [-0.1, -0.05) is 50.2 Å². The number of hydrogen-bond acceptors (Lipinski definition) is 8. The SMILES string of the molecule is CC(C)c1cnn2c(NCc3ccc(-c4ccccc4)nc3)nc(N3CC(O)CC3CO)nc12. The quantitative estimate of drug-likeness (QED) is 0.387. The number of aliphatic hydroxyl groups excluding tert-OH is 2. The molecule has 2 unspecified atom stereocenters. The molecule has 4 heterocycles.